The van der Waals surface area contributed by atoms with Crippen LogP contribution in [-0.2, 0) is 0 Å². The summed E-state index contributed by atoms with van der Waals surface area (Å²) in [5, 5.41) is 8.83. The third kappa shape index (κ3) is 1.49. The van der Waals surface area contributed by atoms with E-state index in [-0.39, 0.29) is 5.56 Å². The summed E-state index contributed by atoms with van der Waals surface area (Å²) in [7, 11) is 0. The number of anilines is 1. The van der Waals surface area contributed by atoms with Gasteiger partial charge in [0.05, 0.1) is 5.56 Å². The molecule has 0 saturated heterocycles. The molecule has 1 aromatic rings. The van der Waals surface area contributed by atoms with E-state index in [1.807, 2.05) is 20.8 Å². The SMILES string of the molecule is Cc1cc(C(=O)O)c(N)c(C)c1C. The number of aromatic carboxylic acids is 1. The molecule has 13 heavy (non-hydrogen) atoms. The van der Waals surface area contributed by atoms with Crippen molar-refractivity contribution in [3.63, 3.8) is 0 Å². The molecule has 0 aromatic heterocycles. The molecule has 1 aromatic carbocycles. The van der Waals surface area contributed by atoms with Gasteiger partial charge < -0.3 is 10.8 Å². The number of nitrogen functional groups attached to an aromatic ring is 1. The highest BCUT2D eigenvalue weighted by Crippen LogP contribution is 2.23. The molecule has 0 unspecified atom stereocenters. The van der Waals surface area contributed by atoms with Crippen molar-refractivity contribution in [3.05, 3.63) is 28.3 Å². The van der Waals surface area contributed by atoms with Gasteiger partial charge >= 0.3 is 5.97 Å². The fraction of sp³-hybridized carbons (Fsp3) is 0.300. The van der Waals surface area contributed by atoms with Gasteiger partial charge in [-0.15, -0.1) is 0 Å². The van der Waals surface area contributed by atoms with Crippen LogP contribution in [0.15, 0.2) is 6.07 Å². The predicted molar refractivity (Wildman–Crippen MR) is 52.0 cm³/mol. The van der Waals surface area contributed by atoms with Crippen molar-refractivity contribution in [2.45, 2.75) is 20.8 Å². The largest absolute Gasteiger partial charge is 0.478 e. The minimum atomic E-state index is -0.969. The van der Waals surface area contributed by atoms with E-state index in [1.54, 1.807) is 6.07 Å². The molecule has 0 heterocycles. The highest BCUT2D eigenvalue weighted by molar-refractivity contribution is 5.95. The molecule has 0 atom stereocenters. The monoisotopic (exact) mass is 179 g/mol. The van der Waals surface area contributed by atoms with Gasteiger partial charge in [0.1, 0.15) is 0 Å². The molecule has 0 aliphatic rings. The van der Waals surface area contributed by atoms with Gasteiger partial charge in [0.25, 0.3) is 0 Å². The number of carboxylic acid groups (broad SMARTS) is 1. The number of rotatable bonds is 1. The van der Waals surface area contributed by atoms with E-state index >= 15 is 0 Å². The van der Waals surface area contributed by atoms with E-state index < -0.39 is 5.97 Å². The first kappa shape index (κ1) is 9.58. The topological polar surface area (TPSA) is 63.3 Å². The minimum absolute atomic E-state index is 0.195. The summed E-state index contributed by atoms with van der Waals surface area (Å²) in [6, 6.07) is 1.61. The highest BCUT2D eigenvalue weighted by atomic mass is 16.4. The van der Waals surface area contributed by atoms with Crippen molar-refractivity contribution in [1.82, 2.24) is 0 Å². The maximum absolute atomic E-state index is 10.8. The van der Waals surface area contributed by atoms with Crippen LogP contribution < -0.4 is 5.73 Å². The van der Waals surface area contributed by atoms with Crippen LogP contribution in [0.3, 0.4) is 0 Å². The molecule has 0 radical (unpaired) electrons. The maximum atomic E-state index is 10.8. The quantitative estimate of drug-likeness (QED) is 0.647. The molecule has 70 valence electrons. The summed E-state index contributed by atoms with van der Waals surface area (Å²) < 4.78 is 0. The lowest BCUT2D eigenvalue weighted by molar-refractivity contribution is 0.0698. The van der Waals surface area contributed by atoms with Crippen LogP contribution in [0.4, 0.5) is 5.69 Å². The predicted octanol–water partition coefficient (Wildman–Crippen LogP) is 1.89. The average Bonchev–Trinajstić information content (AvgIpc) is 2.07. The molecule has 0 bridgehead atoms. The molecular weight excluding hydrogens is 166 g/mol. The van der Waals surface area contributed by atoms with Gasteiger partial charge in [-0.2, -0.15) is 0 Å². The Morgan fingerprint density at radius 2 is 1.85 bits per heavy atom. The van der Waals surface area contributed by atoms with Crippen molar-refractivity contribution >= 4 is 11.7 Å². The Kier molecular flexibility index (Phi) is 2.28. The lowest BCUT2D eigenvalue weighted by Crippen LogP contribution is -2.06. The zero-order valence-corrected chi connectivity index (χ0v) is 8.01. The number of aryl methyl sites for hydroxylation is 1. The summed E-state index contributed by atoms with van der Waals surface area (Å²) in [5.41, 5.74) is 9.12. The first-order chi connectivity index (χ1) is 5.95. The number of carboxylic acids is 1. The fourth-order valence-corrected chi connectivity index (χ4v) is 1.28. The zero-order valence-electron chi connectivity index (χ0n) is 8.01. The number of benzene rings is 1. The van der Waals surface area contributed by atoms with Crippen LogP contribution in [0.1, 0.15) is 27.0 Å². The van der Waals surface area contributed by atoms with Crippen LogP contribution in [0.25, 0.3) is 0 Å². The van der Waals surface area contributed by atoms with Gasteiger partial charge in [-0.05, 0) is 43.5 Å². The number of nitrogens with two attached hydrogens (primary N) is 1. The maximum Gasteiger partial charge on any atom is 0.337 e. The molecule has 3 nitrogen and oxygen atoms in total. The van der Waals surface area contributed by atoms with Gasteiger partial charge in [0.2, 0.25) is 0 Å². The Morgan fingerprint density at radius 3 is 2.31 bits per heavy atom. The molecule has 0 amide bonds. The third-order valence-electron chi connectivity index (χ3n) is 2.44. The fourth-order valence-electron chi connectivity index (χ4n) is 1.28. The van der Waals surface area contributed by atoms with Gasteiger partial charge in [-0.25, -0.2) is 4.79 Å². The smallest absolute Gasteiger partial charge is 0.337 e. The second-order valence-corrected chi connectivity index (χ2v) is 3.21. The van der Waals surface area contributed by atoms with E-state index in [1.165, 1.54) is 0 Å². The van der Waals surface area contributed by atoms with Crippen LogP contribution in [0, 0.1) is 20.8 Å². The molecule has 0 saturated carbocycles. The van der Waals surface area contributed by atoms with E-state index in [0.717, 1.165) is 16.7 Å². The lowest BCUT2D eigenvalue weighted by Gasteiger charge is -2.10. The van der Waals surface area contributed by atoms with E-state index in [2.05, 4.69) is 0 Å². The van der Waals surface area contributed by atoms with E-state index in [0.29, 0.717) is 5.69 Å². The second kappa shape index (κ2) is 3.09. The Bertz CT molecular complexity index is 370. The van der Waals surface area contributed by atoms with Crippen LogP contribution in [0.2, 0.25) is 0 Å². The Morgan fingerprint density at radius 1 is 1.31 bits per heavy atom. The second-order valence-electron chi connectivity index (χ2n) is 3.21. The van der Waals surface area contributed by atoms with Crippen LogP contribution in [0.5, 0.6) is 0 Å². The number of carbonyl (C=O) groups is 1. The lowest BCUT2D eigenvalue weighted by atomic mass is 9.98. The summed E-state index contributed by atoms with van der Waals surface area (Å²) in [6.45, 7) is 5.66. The molecule has 3 heteroatoms. The molecule has 1 rings (SSSR count). The van der Waals surface area contributed by atoms with E-state index in [4.69, 9.17) is 10.8 Å². The summed E-state index contributed by atoms with van der Waals surface area (Å²) in [5.74, 6) is -0.969. The Balaban J connectivity index is 3.50. The molecule has 0 aliphatic heterocycles. The third-order valence-corrected chi connectivity index (χ3v) is 2.44. The van der Waals surface area contributed by atoms with Crippen molar-refractivity contribution < 1.29 is 9.90 Å². The Hall–Kier alpha value is -1.51. The summed E-state index contributed by atoms with van der Waals surface area (Å²) in [4.78, 5) is 10.8. The first-order valence-electron chi connectivity index (χ1n) is 4.04. The van der Waals surface area contributed by atoms with Gasteiger partial charge in [-0.1, -0.05) is 0 Å². The normalized spacial score (nSPS) is 10.1. The summed E-state index contributed by atoms with van der Waals surface area (Å²) >= 11 is 0. The van der Waals surface area contributed by atoms with Gasteiger partial charge in [0.15, 0.2) is 0 Å². The van der Waals surface area contributed by atoms with Crippen LogP contribution >= 0.6 is 0 Å². The number of hydrogen-bond donors (Lipinski definition) is 2. The highest BCUT2D eigenvalue weighted by Gasteiger charge is 2.12. The molecule has 0 fully saturated rings. The van der Waals surface area contributed by atoms with Crippen LogP contribution in [-0.4, -0.2) is 11.1 Å². The van der Waals surface area contributed by atoms with Crippen molar-refractivity contribution in [1.29, 1.82) is 0 Å². The molecule has 3 N–H and O–H groups in total. The number of hydrogen-bond acceptors (Lipinski definition) is 2. The van der Waals surface area contributed by atoms with Gasteiger partial charge in [0, 0.05) is 5.69 Å². The van der Waals surface area contributed by atoms with Crippen molar-refractivity contribution in [2.24, 2.45) is 0 Å². The van der Waals surface area contributed by atoms with Crippen molar-refractivity contribution in [2.75, 3.05) is 5.73 Å². The standard InChI is InChI=1S/C10H13NO2/c1-5-4-8(10(12)13)9(11)7(3)6(5)2/h4H,11H2,1-3H3,(H,12,13). The minimum Gasteiger partial charge on any atom is -0.478 e. The average molecular weight is 179 g/mol. The van der Waals surface area contributed by atoms with Gasteiger partial charge in [-0.3, -0.25) is 0 Å². The Labute approximate surface area is 77.2 Å². The molecule has 0 aliphatic carbocycles. The van der Waals surface area contributed by atoms with E-state index in [9.17, 15) is 4.79 Å². The first-order valence-corrected chi connectivity index (χ1v) is 4.04. The van der Waals surface area contributed by atoms with Crippen molar-refractivity contribution in [3.8, 4) is 0 Å². The summed E-state index contributed by atoms with van der Waals surface area (Å²) in [6.07, 6.45) is 0. The molecular formula is C10H13NO2. The zero-order chi connectivity index (χ0) is 10.2. The molecule has 0 spiro atoms.